The molecule has 3 aromatic rings. The molecule has 0 unspecified atom stereocenters. The molecule has 0 atom stereocenters. The molecular formula is C18H16BrN3O2S3. The number of halogens is 1. The van der Waals surface area contributed by atoms with Crippen molar-refractivity contribution >= 4 is 67.3 Å². The smallest absolute Gasteiger partial charge is 0.264 e. The zero-order valence-electron chi connectivity index (χ0n) is 14.6. The SMILES string of the molecule is CSc1ccc(-c2csc(NC(=O)CN(C)C(=O)c3ccc(Br)s3)n2)cc1. The van der Waals surface area contributed by atoms with Crippen molar-refractivity contribution in [1.82, 2.24) is 9.88 Å². The molecule has 0 saturated carbocycles. The number of thiophene rings is 1. The fourth-order valence-electron chi connectivity index (χ4n) is 2.29. The molecule has 0 spiro atoms. The van der Waals surface area contributed by atoms with E-state index in [1.54, 1.807) is 24.9 Å². The van der Waals surface area contributed by atoms with E-state index in [1.807, 2.05) is 42.0 Å². The van der Waals surface area contributed by atoms with Gasteiger partial charge < -0.3 is 10.2 Å². The molecule has 1 aromatic carbocycles. The lowest BCUT2D eigenvalue weighted by molar-refractivity contribution is -0.116. The van der Waals surface area contributed by atoms with Crippen LogP contribution in [-0.4, -0.2) is 41.5 Å². The van der Waals surface area contributed by atoms with E-state index in [0.717, 1.165) is 15.0 Å². The van der Waals surface area contributed by atoms with Gasteiger partial charge in [-0.05, 0) is 46.5 Å². The second-order valence-corrected chi connectivity index (χ2v) is 9.78. The Morgan fingerprint density at radius 1 is 1.22 bits per heavy atom. The Morgan fingerprint density at radius 2 is 1.96 bits per heavy atom. The minimum atomic E-state index is -0.278. The molecule has 140 valence electrons. The lowest BCUT2D eigenvalue weighted by atomic mass is 10.2. The monoisotopic (exact) mass is 481 g/mol. The second-order valence-electron chi connectivity index (χ2n) is 5.58. The van der Waals surface area contributed by atoms with E-state index in [-0.39, 0.29) is 18.4 Å². The number of carbonyl (C=O) groups is 2. The predicted octanol–water partition coefficient (Wildman–Crippen LogP) is 5.07. The van der Waals surface area contributed by atoms with Crippen molar-refractivity contribution in [2.75, 3.05) is 25.2 Å². The minimum Gasteiger partial charge on any atom is -0.332 e. The third-order valence-electron chi connectivity index (χ3n) is 3.65. The summed E-state index contributed by atoms with van der Waals surface area (Å²) in [5.74, 6) is -0.463. The number of hydrogen-bond acceptors (Lipinski definition) is 6. The molecule has 5 nitrogen and oxygen atoms in total. The van der Waals surface area contributed by atoms with E-state index in [4.69, 9.17) is 0 Å². The first-order chi connectivity index (χ1) is 13.0. The molecule has 3 rings (SSSR count). The number of nitrogens with one attached hydrogen (secondary N) is 1. The van der Waals surface area contributed by atoms with Crippen LogP contribution >= 0.6 is 50.4 Å². The highest BCUT2D eigenvalue weighted by Crippen LogP contribution is 2.27. The van der Waals surface area contributed by atoms with Gasteiger partial charge >= 0.3 is 0 Å². The molecule has 2 heterocycles. The summed E-state index contributed by atoms with van der Waals surface area (Å²) in [6.07, 6.45) is 2.03. The van der Waals surface area contributed by atoms with Crippen molar-refractivity contribution in [2.24, 2.45) is 0 Å². The number of carbonyl (C=O) groups excluding carboxylic acids is 2. The normalized spacial score (nSPS) is 10.6. The molecule has 0 fully saturated rings. The van der Waals surface area contributed by atoms with Crippen LogP contribution in [0.25, 0.3) is 11.3 Å². The number of hydrogen-bond donors (Lipinski definition) is 1. The molecule has 0 aliphatic heterocycles. The Hall–Kier alpha value is -1.68. The quantitative estimate of drug-likeness (QED) is 0.499. The molecule has 1 N–H and O–H groups in total. The average Bonchev–Trinajstić information content (AvgIpc) is 3.30. The first-order valence-electron chi connectivity index (χ1n) is 7.87. The summed E-state index contributed by atoms with van der Waals surface area (Å²) < 4.78 is 0.879. The van der Waals surface area contributed by atoms with Crippen LogP contribution in [0.15, 0.2) is 50.5 Å². The van der Waals surface area contributed by atoms with E-state index in [9.17, 15) is 9.59 Å². The van der Waals surface area contributed by atoms with Crippen molar-refractivity contribution in [3.05, 3.63) is 50.4 Å². The predicted molar refractivity (Wildman–Crippen MR) is 117 cm³/mol. The Labute approximate surface area is 177 Å². The van der Waals surface area contributed by atoms with Gasteiger partial charge in [-0.3, -0.25) is 9.59 Å². The largest absolute Gasteiger partial charge is 0.332 e. The Morgan fingerprint density at radius 3 is 2.59 bits per heavy atom. The van der Waals surface area contributed by atoms with Crippen LogP contribution in [0.1, 0.15) is 9.67 Å². The van der Waals surface area contributed by atoms with Crippen molar-refractivity contribution < 1.29 is 9.59 Å². The van der Waals surface area contributed by atoms with Crippen molar-refractivity contribution in [1.29, 1.82) is 0 Å². The van der Waals surface area contributed by atoms with E-state index >= 15 is 0 Å². The van der Waals surface area contributed by atoms with Crippen LogP contribution < -0.4 is 5.32 Å². The van der Waals surface area contributed by atoms with Gasteiger partial charge in [0.25, 0.3) is 5.91 Å². The highest BCUT2D eigenvalue weighted by molar-refractivity contribution is 9.11. The molecule has 27 heavy (non-hydrogen) atoms. The fourth-order valence-corrected chi connectivity index (χ4v) is 4.81. The van der Waals surface area contributed by atoms with Crippen molar-refractivity contribution in [3.63, 3.8) is 0 Å². The van der Waals surface area contributed by atoms with Gasteiger partial charge in [0.1, 0.15) is 0 Å². The number of nitrogens with zero attached hydrogens (tertiary/aromatic N) is 2. The van der Waals surface area contributed by atoms with Gasteiger partial charge in [-0.1, -0.05) is 12.1 Å². The van der Waals surface area contributed by atoms with Gasteiger partial charge in [0.2, 0.25) is 5.91 Å². The number of anilines is 1. The van der Waals surface area contributed by atoms with Crippen molar-refractivity contribution in [3.8, 4) is 11.3 Å². The van der Waals surface area contributed by atoms with Gasteiger partial charge in [-0.15, -0.1) is 34.4 Å². The molecule has 2 aromatic heterocycles. The van der Waals surface area contributed by atoms with Gasteiger partial charge in [-0.25, -0.2) is 4.98 Å². The number of rotatable bonds is 6. The summed E-state index contributed by atoms with van der Waals surface area (Å²) in [5, 5.41) is 5.18. The number of amides is 2. The maximum atomic E-state index is 12.3. The van der Waals surface area contributed by atoms with Crippen LogP contribution in [0.2, 0.25) is 0 Å². The lowest BCUT2D eigenvalue weighted by Crippen LogP contribution is -2.34. The third-order valence-corrected chi connectivity index (χ3v) is 6.76. The Bertz CT molecular complexity index is 953. The number of thiazole rings is 1. The van der Waals surface area contributed by atoms with Gasteiger partial charge in [-0.2, -0.15) is 0 Å². The maximum absolute atomic E-state index is 12.3. The molecule has 2 amide bonds. The minimum absolute atomic E-state index is 0.0360. The Kier molecular flexibility index (Phi) is 6.69. The molecule has 0 radical (unpaired) electrons. The van der Waals surface area contributed by atoms with E-state index in [2.05, 4.69) is 26.2 Å². The first-order valence-corrected chi connectivity index (χ1v) is 11.6. The van der Waals surface area contributed by atoms with Crippen LogP contribution in [0.3, 0.4) is 0 Å². The molecule has 0 aliphatic carbocycles. The Balaban J connectivity index is 1.59. The summed E-state index contributed by atoms with van der Waals surface area (Å²) in [6.45, 7) is -0.0360. The van der Waals surface area contributed by atoms with E-state index in [0.29, 0.717) is 10.0 Å². The average molecular weight is 482 g/mol. The summed E-state index contributed by atoms with van der Waals surface area (Å²) in [4.78, 5) is 32.2. The standard InChI is InChI=1S/C18H16BrN3O2S3/c1-22(17(24)14-7-8-15(19)27-14)9-16(23)21-18-20-13(10-26-18)11-3-5-12(25-2)6-4-11/h3-8,10H,9H2,1-2H3,(H,20,21,23). The molecule has 0 bridgehead atoms. The van der Waals surface area contributed by atoms with Crippen molar-refractivity contribution in [2.45, 2.75) is 4.90 Å². The van der Waals surface area contributed by atoms with Crippen LogP contribution in [0.5, 0.6) is 0 Å². The summed E-state index contributed by atoms with van der Waals surface area (Å²) in [6, 6.07) is 11.7. The number of benzene rings is 1. The van der Waals surface area contributed by atoms with Gasteiger partial charge in [0, 0.05) is 22.9 Å². The zero-order chi connectivity index (χ0) is 19.4. The van der Waals surface area contributed by atoms with Crippen LogP contribution in [0.4, 0.5) is 5.13 Å². The maximum Gasteiger partial charge on any atom is 0.264 e. The molecular weight excluding hydrogens is 466 g/mol. The van der Waals surface area contributed by atoms with E-state index < -0.39 is 0 Å². The highest BCUT2D eigenvalue weighted by atomic mass is 79.9. The van der Waals surface area contributed by atoms with Crippen LogP contribution in [-0.2, 0) is 4.79 Å². The third kappa shape index (κ3) is 5.19. The molecule has 0 saturated heterocycles. The molecule has 9 heteroatoms. The number of thioether (sulfide) groups is 1. The summed E-state index contributed by atoms with van der Waals surface area (Å²) in [7, 11) is 1.61. The number of aromatic nitrogens is 1. The van der Waals surface area contributed by atoms with Crippen LogP contribution in [0, 0.1) is 0 Å². The number of likely N-dealkylation sites (N-methyl/N-ethyl adjacent to an activating group) is 1. The van der Waals surface area contributed by atoms with E-state index in [1.165, 1.54) is 32.5 Å². The lowest BCUT2D eigenvalue weighted by Gasteiger charge is -2.15. The highest BCUT2D eigenvalue weighted by Gasteiger charge is 2.17. The summed E-state index contributed by atoms with van der Waals surface area (Å²) in [5.41, 5.74) is 1.82. The zero-order valence-corrected chi connectivity index (χ0v) is 18.6. The molecule has 0 aliphatic rings. The fraction of sp³-hybridized carbons (Fsp3) is 0.167. The van der Waals surface area contributed by atoms with Gasteiger partial charge in [0.05, 0.1) is 20.9 Å². The summed E-state index contributed by atoms with van der Waals surface area (Å²) >= 11 is 7.72. The second kappa shape index (κ2) is 9.01. The first kappa shape index (κ1) is 20.1. The van der Waals surface area contributed by atoms with Gasteiger partial charge in [0.15, 0.2) is 5.13 Å². The topological polar surface area (TPSA) is 62.3 Å².